The van der Waals surface area contributed by atoms with Crippen LogP contribution in [0, 0.1) is 0 Å². The van der Waals surface area contributed by atoms with Crippen molar-refractivity contribution >= 4 is 23.0 Å². The molecule has 0 aliphatic carbocycles. The molecule has 0 aliphatic heterocycles. The monoisotopic (exact) mass is 305 g/mol. The lowest BCUT2D eigenvalue weighted by Gasteiger charge is -2.10. The maximum atomic E-state index is 11.8. The molecule has 0 atom stereocenters. The lowest BCUT2D eigenvalue weighted by atomic mass is 10.1. The summed E-state index contributed by atoms with van der Waals surface area (Å²) < 4.78 is 10.7. The molecule has 0 amide bonds. The molecule has 0 fully saturated rings. The number of carbonyl (C=O) groups excluding carboxylic acids is 1. The number of benzene rings is 1. The van der Waals surface area contributed by atoms with Crippen LogP contribution in [-0.4, -0.2) is 18.7 Å². The van der Waals surface area contributed by atoms with Gasteiger partial charge >= 0.3 is 5.97 Å². The van der Waals surface area contributed by atoms with E-state index in [2.05, 4.69) is 0 Å². The predicted octanol–water partition coefficient (Wildman–Crippen LogP) is 3.96. The van der Waals surface area contributed by atoms with Crippen LogP contribution in [0.3, 0.4) is 0 Å². The molecule has 0 spiro atoms. The summed E-state index contributed by atoms with van der Waals surface area (Å²) in [6, 6.07) is 9.54. The van der Waals surface area contributed by atoms with E-state index in [4.69, 9.17) is 15.2 Å². The fourth-order valence-corrected chi connectivity index (χ4v) is 2.87. The van der Waals surface area contributed by atoms with E-state index < -0.39 is 0 Å². The highest BCUT2D eigenvalue weighted by atomic mass is 32.1. The minimum Gasteiger partial charge on any atom is -0.491 e. The Kier molecular flexibility index (Phi) is 4.85. The molecule has 0 aliphatic rings. The van der Waals surface area contributed by atoms with E-state index in [0.717, 1.165) is 16.2 Å². The number of nitrogens with two attached hydrogens (primary N) is 1. The van der Waals surface area contributed by atoms with Gasteiger partial charge in [0.2, 0.25) is 0 Å². The van der Waals surface area contributed by atoms with Crippen LogP contribution in [0.15, 0.2) is 30.3 Å². The molecule has 0 unspecified atom stereocenters. The number of hydrogen-bond acceptors (Lipinski definition) is 5. The molecule has 0 radical (unpaired) electrons. The SMILES string of the molecule is CCOC(=O)c1sc(-c2cccc(OC(C)C)c2)cc1N. The Labute approximate surface area is 128 Å². The third kappa shape index (κ3) is 3.76. The van der Waals surface area contributed by atoms with Crippen LogP contribution in [0.4, 0.5) is 5.69 Å². The van der Waals surface area contributed by atoms with E-state index in [1.165, 1.54) is 11.3 Å². The first kappa shape index (κ1) is 15.4. The van der Waals surface area contributed by atoms with Crippen molar-refractivity contribution in [1.29, 1.82) is 0 Å². The summed E-state index contributed by atoms with van der Waals surface area (Å²) in [5.74, 6) is 0.424. The van der Waals surface area contributed by atoms with Crippen molar-refractivity contribution in [3.05, 3.63) is 35.2 Å². The first-order valence-electron chi connectivity index (χ1n) is 6.84. The molecule has 1 heterocycles. The number of anilines is 1. The maximum Gasteiger partial charge on any atom is 0.350 e. The normalized spacial score (nSPS) is 10.7. The van der Waals surface area contributed by atoms with Gasteiger partial charge in [-0.3, -0.25) is 0 Å². The van der Waals surface area contributed by atoms with Crippen molar-refractivity contribution in [3.63, 3.8) is 0 Å². The summed E-state index contributed by atoms with van der Waals surface area (Å²) in [5.41, 5.74) is 7.33. The van der Waals surface area contributed by atoms with Gasteiger partial charge in [0.1, 0.15) is 10.6 Å². The van der Waals surface area contributed by atoms with Crippen LogP contribution in [0.2, 0.25) is 0 Å². The molecule has 112 valence electrons. The Hall–Kier alpha value is -2.01. The Bertz CT molecular complexity index is 634. The van der Waals surface area contributed by atoms with Crippen LogP contribution in [0.25, 0.3) is 10.4 Å². The summed E-state index contributed by atoms with van der Waals surface area (Å²) in [6.45, 7) is 6.07. The van der Waals surface area contributed by atoms with E-state index in [9.17, 15) is 4.79 Å². The number of esters is 1. The smallest absolute Gasteiger partial charge is 0.350 e. The van der Waals surface area contributed by atoms with Crippen molar-refractivity contribution in [2.75, 3.05) is 12.3 Å². The number of carbonyl (C=O) groups is 1. The van der Waals surface area contributed by atoms with Gasteiger partial charge in [-0.05, 0) is 44.5 Å². The van der Waals surface area contributed by atoms with Crippen LogP contribution in [-0.2, 0) is 4.74 Å². The minimum absolute atomic E-state index is 0.115. The zero-order valence-electron chi connectivity index (χ0n) is 12.4. The lowest BCUT2D eigenvalue weighted by Crippen LogP contribution is -2.05. The highest BCUT2D eigenvalue weighted by Crippen LogP contribution is 2.35. The first-order valence-corrected chi connectivity index (χ1v) is 7.66. The summed E-state index contributed by atoms with van der Waals surface area (Å²) in [6.07, 6.45) is 0.115. The molecule has 21 heavy (non-hydrogen) atoms. The minimum atomic E-state index is -0.374. The first-order chi connectivity index (χ1) is 10.0. The standard InChI is InChI=1S/C16H19NO3S/c1-4-19-16(18)15-13(17)9-14(21-15)11-6-5-7-12(8-11)20-10(2)3/h5-10H,4,17H2,1-3H3. The molecule has 2 aromatic rings. The van der Waals surface area contributed by atoms with Gasteiger partial charge in [-0.1, -0.05) is 12.1 Å². The number of rotatable bonds is 5. The Balaban J connectivity index is 2.30. The summed E-state index contributed by atoms with van der Waals surface area (Å²) in [4.78, 5) is 13.2. The fourth-order valence-electron chi connectivity index (χ4n) is 1.90. The Morgan fingerprint density at radius 2 is 2.10 bits per heavy atom. The molecule has 0 saturated heterocycles. The third-order valence-electron chi connectivity index (χ3n) is 2.71. The van der Waals surface area contributed by atoms with Gasteiger partial charge in [0.25, 0.3) is 0 Å². The van der Waals surface area contributed by atoms with Gasteiger partial charge in [-0.15, -0.1) is 11.3 Å². The molecule has 4 nitrogen and oxygen atoms in total. The van der Waals surface area contributed by atoms with Gasteiger partial charge in [-0.25, -0.2) is 4.79 Å². The van der Waals surface area contributed by atoms with Gasteiger partial charge in [0.05, 0.1) is 18.4 Å². The van der Waals surface area contributed by atoms with Gasteiger partial charge in [-0.2, -0.15) is 0 Å². The predicted molar refractivity (Wildman–Crippen MR) is 85.9 cm³/mol. The van der Waals surface area contributed by atoms with Crippen LogP contribution in [0.5, 0.6) is 5.75 Å². The van der Waals surface area contributed by atoms with Crippen LogP contribution in [0.1, 0.15) is 30.4 Å². The highest BCUT2D eigenvalue weighted by molar-refractivity contribution is 7.18. The van der Waals surface area contributed by atoms with Gasteiger partial charge < -0.3 is 15.2 Å². The molecular weight excluding hydrogens is 286 g/mol. The van der Waals surface area contributed by atoms with Crippen molar-refractivity contribution in [1.82, 2.24) is 0 Å². The molecule has 1 aromatic heterocycles. The topological polar surface area (TPSA) is 61.5 Å². The molecule has 5 heteroatoms. The second-order valence-electron chi connectivity index (χ2n) is 4.81. The van der Waals surface area contributed by atoms with Crippen LogP contribution < -0.4 is 10.5 Å². The van der Waals surface area contributed by atoms with E-state index in [1.54, 1.807) is 13.0 Å². The van der Waals surface area contributed by atoms with E-state index in [0.29, 0.717) is 17.2 Å². The largest absolute Gasteiger partial charge is 0.491 e. The van der Waals surface area contributed by atoms with Crippen molar-refractivity contribution in [3.8, 4) is 16.2 Å². The fraction of sp³-hybridized carbons (Fsp3) is 0.312. The zero-order chi connectivity index (χ0) is 15.4. The van der Waals surface area contributed by atoms with E-state index in [-0.39, 0.29) is 12.1 Å². The van der Waals surface area contributed by atoms with Crippen molar-refractivity contribution < 1.29 is 14.3 Å². The summed E-state index contributed by atoms with van der Waals surface area (Å²) in [5, 5.41) is 0. The average molecular weight is 305 g/mol. The van der Waals surface area contributed by atoms with Gasteiger partial charge in [0.15, 0.2) is 0 Å². The van der Waals surface area contributed by atoms with E-state index in [1.807, 2.05) is 38.1 Å². The second-order valence-corrected chi connectivity index (χ2v) is 5.86. The quantitative estimate of drug-likeness (QED) is 0.849. The molecule has 1 aromatic carbocycles. The third-order valence-corrected chi connectivity index (χ3v) is 3.89. The number of ether oxygens (including phenoxy) is 2. The van der Waals surface area contributed by atoms with Gasteiger partial charge in [0, 0.05) is 4.88 Å². The molecule has 2 rings (SSSR count). The summed E-state index contributed by atoms with van der Waals surface area (Å²) in [7, 11) is 0. The molecule has 0 saturated carbocycles. The average Bonchev–Trinajstić information content (AvgIpc) is 2.81. The highest BCUT2D eigenvalue weighted by Gasteiger charge is 2.16. The Morgan fingerprint density at radius 1 is 1.33 bits per heavy atom. The van der Waals surface area contributed by atoms with Crippen LogP contribution >= 0.6 is 11.3 Å². The lowest BCUT2D eigenvalue weighted by molar-refractivity contribution is 0.0533. The van der Waals surface area contributed by atoms with E-state index >= 15 is 0 Å². The number of thiophene rings is 1. The second kappa shape index (κ2) is 6.63. The zero-order valence-corrected chi connectivity index (χ0v) is 13.2. The van der Waals surface area contributed by atoms with Crippen molar-refractivity contribution in [2.24, 2.45) is 0 Å². The Morgan fingerprint density at radius 3 is 2.76 bits per heavy atom. The molecular formula is C16H19NO3S. The number of hydrogen-bond donors (Lipinski definition) is 1. The maximum absolute atomic E-state index is 11.8. The summed E-state index contributed by atoms with van der Waals surface area (Å²) >= 11 is 1.33. The molecule has 0 bridgehead atoms. The van der Waals surface area contributed by atoms with Crippen molar-refractivity contribution in [2.45, 2.75) is 26.9 Å². The number of nitrogen functional groups attached to an aromatic ring is 1. The molecule has 2 N–H and O–H groups in total.